The third kappa shape index (κ3) is 7.08. The van der Waals surface area contributed by atoms with E-state index in [0.29, 0.717) is 11.8 Å². The van der Waals surface area contributed by atoms with E-state index in [1.165, 1.54) is 50.8 Å². The molecule has 2 N–H and O–H groups in total. The molecule has 1 fully saturated rings. The van der Waals surface area contributed by atoms with E-state index >= 15 is 0 Å². The van der Waals surface area contributed by atoms with Crippen LogP contribution in [-0.4, -0.2) is 23.6 Å². The van der Waals surface area contributed by atoms with Crippen molar-refractivity contribution < 1.29 is 9.59 Å². The Hall–Kier alpha value is -1.49. The van der Waals surface area contributed by atoms with E-state index in [4.69, 9.17) is 0 Å². The monoisotopic (exact) mass is 334 g/mol. The van der Waals surface area contributed by atoms with Crippen molar-refractivity contribution in [1.29, 1.82) is 0 Å². The average Bonchev–Trinajstić information content (AvgIpc) is 2.48. The van der Waals surface area contributed by atoms with Crippen molar-refractivity contribution >= 4 is 29.3 Å². The molecular formula is C18H26N2O2S. The molecule has 1 aliphatic rings. The SMILES string of the molecule is CC(=O)Nc1ccc(SCC(=O)NC2CCCCCCC2)cc1. The van der Waals surface area contributed by atoms with Gasteiger partial charge in [-0.05, 0) is 37.1 Å². The number of hydrogen-bond donors (Lipinski definition) is 2. The highest BCUT2D eigenvalue weighted by Crippen LogP contribution is 2.21. The van der Waals surface area contributed by atoms with Crippen molar-refractivity contribution in [2.75, 3.05) is 11.1 Å². The number of nitrogens with one attached hydrogen (secondary N) is 2. The van der Waals surface area contributed by atoms with Crippen LogP contribution in [0.15, 0.2) is 29.2 Å². The van der Waals surface area contributed by atoms with Gasteiger partial charge < -0.3 is 10.6 Å². The fourth-order valence-electron chi connectivity index (χ4n) is 2.86. The molecule has 1 aromatic rings. The third-order valence-corrected chi connectivity index (χ3v) is 5.03. The van der Waals surface area contributed by atoms with Crippen molar-refractivity contribution in [3.63, 3.8) is 0 Å². The van der Waals surface area contributed by atoms with Crippen LogP contribution in [0.1, 0.15) is 51.9 Å². The maximum Gasteiger partial charge on any atom is 0.230 e. The Kier molecular flexibility index (Phi) is 7.46. The third-order valence-electron chi connectivity index (χ3n) is 4.01. The van der Waals surface area contributed by atoms with Crippen molar-refractivity contribution in [2.45, 2.75) is 62.8 Å². The van der Waals surface area contributed by atoms with Crippen LogP contribution in [0.25, 0.3) is 0 Å². The molecule has 0 unspecified atom stereocenters. The minimum absolute atomic E-state index is 0.0796. The number of rotatable bonds is 5. The first-order chi connectivity index (χ1) is 11.1. The number of carbonyl (C=O) groups is 2. The molecule has 0 aliphatic heterocycles. The Labute approximate surface area is 142 Å². The van der Waals surface area contributed by atoms with Gasteiger partial charge in [-0.3, -0.25) is 9.59 Å². The van der Waals surface area contributed by atoms with Gasteiger partial charge in [0.1, 0.15) is 0 Å². The maximum absolute atomic E-state index is 12.1. The summed E-state index contributed by atoms with van der Waals surface area (Å²) in [6.07, 6.45) is 8.60. The first kappa shape index (κ1) is 17.9. The van der Waals surface area contributed by atoms with Crippen molar-refractivity contribution in [1.82, 2.24) is 5.32 Å². The smallest absolute Gasteiger partial charge is 0.230 e. The van der Waals surface area contributed by atoms with Gasteiger partial charge in [0.15, 0.2) is 0 Å². The Bertz CT molecular complexity index is 508. The van der Waals surface area contributed by atoms with Gasteiger partial charge in [0.25, 0.3) is 0 Å². The number of carbonyl (C=O) groups excluding carboxylic acids is 2. The summed E-state index contributed by atoms with van der Waals surface area (Å²) in [5, 5.41) is 5.91. The van der Waals surface area contributed by atoms with E-state index in [2.05, 4.69) is 10.6 Å². The predicted molar refractivity (Wildman–Crippen MR) is 95.7 cm³/mol. The zero-order chi connectivity index (χ0) is 16.5. The van der Waals surface area contributed by atoms with Gasteiger partial charge >= 0.3 is 0 Å². The zero-order valence-corrected chi connectivity index (χ0v) is 14.6. The number of anilines is 1. The van der Waals surface area contributed by atoms with Crippen LogP contribution in [0.4, 0.5) is 5.69 Å². The van der Waals surface area contributed by atoms with Crippen LogP contribution in [0.5, 0.6) is 0 Å². The molecule has 0 atom stereocenters. The largest absolute Gasteiger partial charge is 0.353 e. The molecule has 0 aromatic heterocycles. The van der Waals surface area contributed by atoms with E-state index in [1.54, 1.807) is 0 Å². The molecule has 0 radical (unpaired) electrons. The van der Waals surface area contributed by atoms with Gasteiger partial charge in [-0.1, -0.05) is 32.1 Å². The van der Waals surface area contributed by atoms with E-state index in [9.17, 15) is 9.59 Å². The lowest BCUT2D eigenvalue weighted by Gasteiger charge is -2.20. The summed E-state index contributed by atoms with van der Waals surface area (Å²) in [6, 6.07) is 7.93. The Morgan fingerprint density at radius 2 is 1.65 bits per heavy atom. The van der Waals surface area contributed by atoms with Crippen molar-refractivity contribution in [3.05, 3.63) is 24.3 Å². The first-order valence-electron chi connectivity index (χ1n) is 8.43. The Morgan fingerprint density at radius 1 is 1.04 bits per heavy atom. The highest BCUT2D eigenvalue weighted by molar-refractivity contribution is 8.00. The topological polar surface area (TPSA) is 58.2 Å². The second-order valence-electron chi connectivity index (χ2n) is 6.10. The van der Waals surface area contributed by atoms with Gasteiger partial charge in [-0.15, -0.1) is 11.8 Å². The summed E-state index contributed by atoms with van der Waals surface area (Å²) < 4.78 is 0. The summed E-state index contributed by atoms with van der Waals surface area (Å²) in [5.41, 5.74) is 0.779. The summed E-state index contributed by atoms with van der Waals surface area (Å²) in [4.78, 5) is 24.1. The lowest BCUT2D eigenvalue weighted by molar-refractivity contribution is -0.119. The molecule has 1 saturated carbocycles. The van der Waals surface area contributed by atoms with Crippen LogP contribution in [0.2, 0.25) is 0 Å². The average molecular weight is 334 g/mol. The molecule has 4 nitrogen and oxygen atoms in total. The number of hydrogen-bond acceptors (Lipinski definition) is 3. The summed E-state index contributed by atoms with van der Waals surface area (Å²) >= 11 is 1.53. The van der Waals surface area contributed by atoms with Crippen molar-refractivity contribution in [3.8, 4) is 0 Å². The molecule has 126 valence electrons. The van der Waals surface area contributed by atoms with Crippen LogP contribution in [0.3, 0.4) is 0 Å². The first-order valence-corrected chi connectivity index (χ1v) is 9.42. The molecule has 0 saturated heterocycles. The molecule has 0 spiro atoms. The molecule has 0 heterocycles. The number of benzene rings is 1. The lowest BCUT2D eigenvalue weighted by atomic mass is 9.97. The Morgan fingerprint density at radius 3 is 2.26 bits per heavy atom. The summed E-state index contributed by atoms with van der Waals surface area (Å²) in [6.45, 7) is 1.49. The van der Waals surface area contributed by atoms with Crippen LogP contribution >= 0.6 is 11.8 Å². The summed E-state index contributed by atoms with van der Waals surface area (Å²) in [7, 11) is 0. The number of thioether (sulfide) groups is 1. The maximum atomic E-state index is 12.1. The van der Waals surface area contributed by atoms with Gasteiger partial charge in [0.05, 0.1) is 5.75 Å². The number of amides is 2. The van der Waals surface area contributed by atoms with E-state index in [1.807, 2.05) is 24.3 Å². The van der Waals surface area contributed by atoms with Crippen LogP contribution in [0, 0.1) is 0 Å². The van der Waals surface area contributed by atoms with Crippen LogP contribution in [-0.2, 0) is 9.59 Å². The lowest BCUT2D eigenvalue weighted by Crippen LogP contribution is -2.36. The van der Waals surface area contributed by atoms with Gasteiger partial charge in [0.2, 0.25) is 11.8 Å². The standard InChI is InChI=1S/C18H26N2O2S/c1-14(21)19-16-9-11-17(12-10-16)23-13-18(22)20-15-7-5-3-2-4-6-8-15/h9-12,15H,2-8,13H2,1H3,(H,19,21)(H,20,22). The molecule has 1 aliphatic carbocycles. The minimum Gasteiger partial charge on any atom is -0.353 e. The molecule has 1 aromatic carbocycles. The molecule has 2 rings (SSSR count). The highest BCUT2D eigenvalue weighted by atomic mass is 32.2. The second kappa shape index (κ2) is 9.60. The Balaban J connectivity index is 1.73. The quantitative estimate of drug-likeness (QED) is 0.801. The zero-order valence-electron chi connectivity index (χ0n) is 13.8. The fraction of sp³-hybridized carbons (Fsp3) is 0.556. The predicted octanol–water partition coefficient (Wildman–Crippen LogP) is 3.97. The van der Waals surface area contributed by atoms with Gasteiger partial charge in [-0.25, -0.2) is 0 Å². The second-order valence-corrected chi connectivity index (χ2v) is 7.15. The van der Waals surface area contributed by atoms with Gasteiger partial charge in [0, 0.05) is 23.5 Å². The molecule has 5 heteroatoms. The van der Waals surface area contributed by atoms with E-state index in [0.717, 1.165) is 23.4 Å². The van der Waals surface area contributed by atoms with Crippen LogP contribution < -0.4 is 10.6 Å². The van der Waals surface area contributed by atoms with E-state index < -0.39 is 0 Å². The molecule has 2 amide bonds. The molecule has 23 heavy (non-hydrogen) atoms. The normalized spacial score (nSPS) is 16.2. The minimum atomic E-state index is -0.0796. The van der Waals surface area contributed by atoms with Gasteiger partial charge in [-0.2, -0.15) is 0 Å². The fourth-order valence-corrected chi connectivity index (χ4v) is 3.57. The highest BCUT2D eigenvalue weighted by Gasteiger charge is 2.14. The van der Waals surface area contributed by atoms with Crippen molar-refractivity contribution in [2.24, 2.45) is 0 Å². The molecule has 0 bridgehead atoms. The molecular weight excluding hydrogens is 308 g/mol. The van der Waals surface area contributed by atoms with E-state index in [-0.39, 0.29) is 11.8 Å². The summed E-state index contributed by atoms with van der Waals surface area (Å²) in [5.74, 6) is 0.478.